The van der Waals surface area contributed by atoms with Gasteiger partial charge in [-0.1, -0.05) is 12.1 Å². The third-order valence-corrected chi connectivity index (χ3v) is 4.68. The zero-order valence-corrected chi connectivity index (χ0v) is 16.3. The van der Waals surface area contributed by atoms with Gasteiger partial charge in [-0.05, 0) is 26.3 Å². The maximum atomic E-state index is 11.3. The standard InChI is InChI=1S/C19H22N4O6/c1-10-13(5-4-6-15(10)23(26)27)11(2)20-18-17(19-28-7-8-29-19)14(9-16(24)25)21-12(3)22-18/h4-6,11,19H,7-9H2,1-3H3,(H,24,25)(H,20,21,22). The lowest BCUT2D eigenvalue weighted by molar-refractivity contribution is -0.385. The Hall–Kier alpha value is -3.11. The molecule has 0 spiro atoms. The molecule has 3 rings (SSSR count). The average Bonchev–Trinajstić information content (AvgIpc) is 3.14. The minimum atomic E-state index is -1.03. The van der Waals surface area contributed by atoms with Gasteiger partial charge in [-0.25, -0.2) is 9.97 Å². The van der Waals surface area contributed by atoms with Crippen LogP contribution < -0.4 is 5.32 Å². The number of nitro benzene ring substituents is 1. The molecule has 2 aromatic rings. The van der Waals surface area contributed by atoms with Gasteiger partial charge >= 0.3 is 5.97 Å². The van der Waals surface area contributed by atoms with Gasteiger partial charge in [0.25, 0.3) is 5.69 Å². The van der Waals surface area contributed by atoms with Crippen molar-refractivity contribution in [2.24, 2.45) is 0 Å². The second-order valence-electron chi connectivity index (χ2n) is 6.74. The van der Waals surface area contributed by atoms with Crippen LogP contribution in [0.3, 0.4) is 0 Å². The normalized spacial score (nSPS) is 15.3. The minimum absolute atomic E-state index is 0.0317. The largest absolute Gasteiger partial charge is 0.481 e. The predicted molar refractivity (Wildman–Crippen MR) is 103 cm³/mol. The molecule has 0 aliphatic carbocycles. The molecule has 1 saturated heterocycles. The Morgan fingerprint density at radius 3 is 2.66 bits per heavy atom. The van der Waals surface area contributed by atoms with E-state index in [1.807, 2.05) is 6.92 Å². The maximum Gasteiger partial charge on any atom is 0.309 e. The molecule has 29 heavy (non-hydrogen) atoms. The number of hydrogen-bond donors (Lipinski definition) is 2. The first-order valence-corrected chi connectivity index (χ1v) is 9.10. The molecular formula is C19H22N4O6. The number of nitro groups is 1. The van der Waals surface area contributed by atoms with E-state index >= 15 is 0 Å². The Bertz CT molecular complexity index is 943. The van der Waals surface area contributed by atoms with Crippen LogP contribution in [-0.2, 0) is 20.7 Å². The number of aromatic nitrogens is 2. The number of aryl methyl sites for hydroxylation is 1. The summed E-state index contributed by atoms with van der Waals surface area (Å²) < 4.78 is 11.2. The van der Waals surface area contributed by atoms with E-state index in [2.05, 4.69) is 15.3 Å². The van der Waals surface area contributed by atoms with E-state index in [0.29, 0.717) is 41.7 Å². The number of carboxylic acid groups (broad SMARTS) is 1. The van der Waals surface area contributed by atoms with Crippen molar-refractivity contribution in [1.29, 1.82) is 0 Å². The van der Waals surface area contributed by atoms with Gasteiger partial charge in [0, 0.05) is 11.6 Å². The molecule has 2 heterocycles. The summed E-state index contributed by atoms with van der Waals surface area (Å²) in [7, 11) is 0. The second-order valence-corrected chi connectivity index (χ2v) is 6.74. The fourth-order valence-electron chi connectivity index (χ4n) is 3.39. The fourth-order valence-corrected chi connectivity index (χ4v) is 3.39. The van der Waals surface area contributed by atoms with Gasteiger partial charge in [0.05, 0.1) is 41.9 Å². The Morgan fingerprint density at radius 2 is 2.03 bits per heavy atom. The van der Waals surface area contributed by atoms with Gasteiger partial charge < -0.3 is 19.9 Å². The van der Waals surface area contributed by atoms with E-state index < -0.39 is 17.2 Å². The third-order valence-electron chi connectivity index (χ3n) is 4.68. The summed E-state index contributed by atoms with van der Waals surface area (Å²) >= 11 is 0. The lowest BCUT2D eigenvalue weighted by Crippen LogP contribution is -2.18. The van der Waals surface area contributed by atoms with Gasteiger partial charge in [-0.2, -0.15) is 0 Å². The molecule has 0 saturated carbocycles. The number of aliphatic carboxylic acids is 1. The van der Waals surface area contributed by atoms with Crippen molar-refractivity contribution in [1.82, 2.24) is 9.97 Å². The van der Waals surface area contributed by atoms with E-state index in [0.717, 1.165) is 5.56 Å². The molecule has 1 aliphatic heterocycles. The number of carboxylic acids is 1. The highest BCUT2D eigenvalue weighted by molar-refractivity contribution is 5.71. The highest BCUT2D eigenvalue weighted by atomic mass is 16.7. The van der Waals surface area contributed by atoms with Crippen molar-refractivity contribution in [2.75, 3.05) is 18.5 Å². The van der Waals surface area contributed by atoms with Crippen molar-refractivity contribution in [2.45, 2.75) is 39.5 Å². The van der Waals surface area contributed by atoms with Gasteiger partial charge in [0.15, 0.2) is 6.29 Å². The number of hydrogen-bond acceptors (Lipinski definition) is 8. The lowest BCUT2D eigenvalue weighted by Gasteiger charge is -2.22. The van der Waals surface area contributed by atoms with Crippen molar-refractivity contribution in [3.05, 3.63) is 56.5 Å². The van der Waals surface area contributed by atoms with Crippen LogP contribution in [0.1, 0.15) is 47.5 Å². The number of rotatable bonds is 7. The number of ether oxygens (including phenoxy) is 2. The molecule has 1 atom stereocenters. The molecule has 1 aromatic heterocycles. The van der Waals surface area contributed by atoms with Gasteiger partial charge in [0.1, 0.15) is 11.6 Å². The molecule has 0 amide bonds. The van der Waals surface area contributed by atoms with Crippen molar-refractivity contribution < 1.29 is 24.3 Å². The van der Waals surface area contributed by atoms with E-state index in [-0.39, 0.29) is 18.2 Å². The van der Waals surface area contributed by atoms with Crippen LogP contribution in [-0.4, -0.2) is 39.2 Å². The predicted octanol–water partition coefficient (Wildman–Crippen LogP) is 2.85. The summed E-state index contributed by atoms with van der Waals surface area (Å²) in [6.07, 6.45) is -1.08. The van der Waals surface area contributed by atoms with Gasteiger partial charge in [-0.15, -0.1) is 0 Å². The Balaban J connectivity index is 2.02. The second kappa shape index (κ2) is 8.50. The highest BCUT2D eigenvalue weighted by Gasteiger charge is 2.29. The minimum Gasteiger partial charge on any atom is -0.481 e. The monoisotopic (exact) mass is 402 g/mol. The molecule has 1 aliphatic rings. The molecule has 1 aromatic carbocycles. The zero-order valence-electron chi connectivity index (χ0n) is 16.3. The molecule has 154 valence electrons. The van der Waals surface area contributed by atoms with Crippen LogP contribution in [0.15, 0.2) is 18.2 Å². The molecule has 10 heteroatoms. The molecule has 10 nitrogen and oxygen atoms in total. The fraction of sp³-hybridized carbons (Fsp3) is 0.421. The van der Waals surface area contributed by atoms with Gasteiger partial charge in [-0.3, -0.25) is 14.9 Å². The average molecular weight is 402 g/mol. The van der Waals surface area contributed by atoms with E-state index in [4.69, 9.17) is 9.47 Å². The van der Waals surface area contributed by atoms with Crippen molar-refractivity contribution in [3.63, 3.8) is 0 Å². The Morgan fingerprint density at radius 1 is 1.34 bits per heavy atom. The van der Waals surface area contributed by atoms with Crippen LogP contribution >= 0.6 is 0 Å². The Labute approximate surface area is 167 Å². The summed E-state index contributed by atoms with van der Waals surface area (Å²) in [5.41, 5.74) is 2.05. The summed E-state index contributed by atoms with van der Waals surface area (Å²) in [5, 5.41) is 23.8. The molecule has 1 unspecified atom stereocenters. The first kappa shape index (κ1) is 20.6. The first-order chi connectivity index (χ1) is 13.8. The quantitative estimate of drug-likeness (QED) is 0.529. The number of anilines is 1. The summed E-state index contributed by atoms with van der Waals surface area (Å²) in [6.45, 7) is 5.96. The molecule has 2 N–H and O–H groups in total. The zero-order chi connectivity index (χ0) is 21.1. The third kappa shape index (κ3) is 4.49. The van der Waals surface area contributed by atoms with E-state index in [9.17, 15) is 20.0 Å². The van der Waals surface area contributed by atoms with Crippen LogP contribution in [0.25, 0.3) is 0 Å². The number of nitrogens with zero attached hydrogens (tertiary/aromatic N) is 3. The summed E-state index contributed by atoms with van der Waals surface area (Å²) in [5.74, 6) is -0.247. The SMILES string of the molecule is Cc1nc(CC(=O)O)c(C2OCCO2)c(NC(C)c2cccc([N+](=O)[O-])c2C)n1. The van der Waals surface area contributed by atoms with Crippen LogP contribution in [0.5, 0.6) is 0 Å². The molecule has 0 radical (unpaired) electrons. The topological polar surface area (TPSA) is 137 Å². The maximum absolute atomic E-state index is 11.3. The summed E-state index contributed by atoms with van der Waals surface area (Å²) in [4.78, 5) is 30.9. The highest BCUT2D eigenvalue weighted by Crippen LogP contribution is 2.34. The lowest BCUT2D eigenvalue weighted by atomic mass is 10.0. The molecule has 0 bridgehead atoms. The van der Waals surface area contributed by atoms with Gasteiger partial charge in [0.2, 0.25) is 0 Å². The molecule has 1 fully saturated rings. The van der Waals surface area contributed by atoms with Crippen molar-refractivity contribution in [3.8, 4) is 0 Å². The first-order valence-electron chi connectivity index (χ1n) is 9.10. The van der Waals surface area contributed by atoms with Crippen LogP contribution in [0, 0.1) is 24.0 Å². The summed E-state index contributed by atoms with van der Waals surface area (Å²) in [6, 6.07) is 4.54. The number of nitrogens with one attached hydrogen (secondary N) is 1. The number of carbonyl (C=O) groups is 1. The smallest absolute Gasteiger partial charge is 0.309 e. The number of benzene rings is 1. The van der Waals surface area contributed by atoms with E-state index in [1.165, 1.54) is 6.07 Å². The van der Waals surface area contributed by atoms with Crippen molar-refractivity contribution >= 4 is 17.5 Å². The van der Waals surface area contributed by atoms with Crippen LogP contribution in [0.2, 0.25) is 0 Å². The van der Waals surface area contributed by atoms with E-state index in [1.54, 1.807) is 26.0 Å². The molecular weight excluding hydrogens is 380 g/mol. The Kier molecular flexibility index (Phi) is 6.04. The van der Waals surface area contributed by atoms with Crippen LogP contribution in [0.4, 0.5) is 11.5 Å².